The van der Waals surface area contributed by atoms with Gasteiger partial charge in [-0.3, -0.25) is 4.79 Å². The van der Waals surface area contributed by atoms with Crippen LogP contribution in [0, 0.1) is 12.8 Å². The van der Waals surface area contributed by atoms with Crippen molar-refractivity contribution >= 4 is 5.91 Å². The predicted molar refractivity (Wildman–Crippen MR) is 86.0 cm³/mol. The SMILES string of the molecule is Cc1ccc(C(=O)N2CCC(CN3CCN(C)CC3)CC2)o1. The van der Waals surface area contributed by atoms with Gasteiger partial charge in [-0.1, -0.05) is 0 Å². The lowest BCUT2D eigenvalue weighted by molar-refractivity contribution is 0.0613. The average Bonchev–Trinajstić information content (AvgIpc) is 2.96. The van der Waals surface area contributed by atoms with Crippen LogP contribution < -0.4 is 0 Å². The first-order chi connectivity index (χ1) is 10.6. The maximum absolute atomic E-state index is 12.4. The van der Waals surface area contributed by atoms with Crippen LogP contribution in [0.25, 0.3) is 0 Å². The smallest absolute Gasteiger partial charge is 0.289 e. The maximum Gasteiger partial charge on any atom is 0.289 e. The molecule has 2 aliphatic rings. The molecule has 0 aromatic carbocycles. The number of aryl methyl sites for hydroxylation is 1. The first-order valence-electron chi connectivity index (χ1n) is 8.38. The van der Waals surface area contributed by atoms with Crippen LogP contribution in [0.4, 0.5) is 0 Å². The lowest BCUT2D eigenvalue weighted by Crippen LogP contribution is -2.47. The molecule has 3 heterocycles. The van der Waals surface area contributed by atoms with Gasteiger partial charge in [0.2, 0.25) is 0 Å². The van der Waals surface area contributed by atoms with E-state index in [2.05, 4.69) is 16.8 Å². The zero-order valence-electron chi connectivity index (χ0n) is 13.8. The minimum atomic E-state index is 0.0474. The van der Waals surface area contributed by atoms with E-state index in [-0.39, 0.29) is 5.91 Å². The molecule has 0 unspecified atom stereocenters. The number of hydrogen-bond acceptors (Lipinski definition) is 4. The van der Waals surface area contributed by atoms with Crippen molar-refractivity contribution in [2.75, 3.05) is 52.9 Å². The number of furan rings is 1. The van der Waals surface area contributed by atoms with Crippen LogP contribution >= 0.6 is 0 Å². The number of carbonyl (C=O) groups excluding carboxylic acids is 1. The van der Waals surface area contributed by atoms with Gasteiger partial charge in [0.25, 0.3) is 5.91 Å². The quantitative estimate of drug-likeness (QED) is 0.852. The Morgan fingerprint density at radius 1 is 1.14 bits per heavy atom. The summed E-state index contributed by atoms with van der Waals surface area (Å²) in [5.74, 6) is 2.06. The standard InChI is InChI=1S/C17H27N3O2/c1-14-3-4-16(22-14)17(21)20-7-5-15(6-8-20)13-19-11-9-18(2)10-12-19/h3-4,15H,5-13H2,1-2H3. The molecule has 22 heavy (non-hydrogen) atoms. The van der Waals surface area contributed by atoms with Gasteiger partial charge in [0, 0.05) is 45.8 Å². The summed E-state index contributed by atoms with van der Waals surface area (Å²) in [6.45, 7) is 9.50. The minimum absolute atomic E-state index is 0.0474. The van der Waals surface area contributed by atoms with E-state index in [0.29, 0.717) is 5.76 Å². The molecule has 0 radical (unpaired) electrons. The highest BCUT2D eigenvalue weighted by Gasteiger charge is 2.27. The fourth-order valence-corrected chi connectivity index (χ4v) is 3.42. The van der Waals surface area contributed by atoms with E-state index >= 15 is 0 Å². The number of nitrogens with zero attached hydrogens (tertiary/aromatic N) is 3. The van der Waals surface area contributed by atoms with Crippen molar-refractivity contribution in [1.82, 2.24) is 14.7 Å². The summed E-state index contributed by atoms with van der Waals surface area (Å²) >= 11 is 0. The van der Waals surface area contributed by atoms with Crippen molar-refractivity contribution in [3.8, 4) is 0 Å². The van der Waals surface area contributed by atoms with E-state index < -0.39 is 0 Å². The Balaban J connectivity index is 1.45. The molecule has 0 atom stereocenters. The van der Waals surface area contributed by atoms with E-state index in [1.54, 1.807) is 6.07 Å². The van der Waals surface area contributed by atoms with Gasteiger partial charge >= 0.3 is 0 Å². The van der Waals surface area contributed by atoms with Gasteiger partial charge in [0.1, 0.15) is 5.76 Å². The zero-order valence-corrected chi connectivity index (χ0v) is 13.8. The normalized spacial score (nSPS) is 22.2. The topological polar surface area (TPSA) is 39.9 Å². The van der Waals surface area contributed by atoms with Gasteiger partial charge in [-0.2, -0.15) is 0 Å². The lowest BCUT2D eigenvalue weighted by atomic mass is 9.95. The van der Waals surface area contributed by atoms with Crippen LogP contribution in [0.5, 0.6) is 0 Å². The van der Waals surface area contributed by atoms with Crippen LogP contribution in [0.15, 0.2) is 16.5 Å². The molecule has 2 saturated heterocycles. The van der Waals surface area contributed by atoms with Crippen molar-refractivity contribution in [2.45, 2.75) is 19.8 Å². The molecular formula is C17H27N3O2. The summed E-state index contributed by atoms with van der Waals surface area (Å²) in [6, 6.07) is 3.64. The summed E-state index contributed by atoms with van der Waals surface area (Å²) in [6.07, 6.45) is 2.22. The van der Waals surface area contributed by atoms with E-state index in [0.717, 1.165) is 37.6 Å². The molecule has 3 rings (SSSR count). The Kier molecular flexibility index (Phi) is 4.84. The van der Waals surface area contributed by atoms with Gasteiger partial charge < -0.3 is 19.1 Å². The van der Waals surface area contributed by atoms with E-state index in [1.165, 1.54) is 32.7 Å². The molecule has 0 aliphatic carbocycles. The monoisotopic (exact) mass is 305 g/mol. The number of likely N-dealkylation sites (tertiary alicyclic amines) is 1. The number of amides is 1. The van der Waals surface area contributed by atoms with Crippen molar-refractivity contribution in [3.63, 3.8) is 0 Å². The van der Waals surface area contributed by atoms with Crippen molar-refractivity contribution in [2.24, 2.45) is 5.92 Å². The Bertz CT molecular complexity index is 498. The van der Waals surface area contributed by atoms with Crippen molar-refractivity contribution < 1.29 is 9.21 Å². The number of rotatable bonds is 3. The Morgan fingerprint density at radius 2 is 1.82 bits per heavy atom. The molecule has 0 N–H and O–H groups in total. The van der Waals surface area contributed by atoms with Gasteiger partial charge in [0.05, 0.1) is 0 Å². The molecule has 0 saturated carbocycles. The number of hydrogen-bond donors (Lipinski definition) is 0. The maximum atomic E-state index is 12.4. The van der Waals surface area contributed by atoms with E-state index in [1.807, 2.05) is 17.9 Å². The van der Waals surface area contributed by atoms with Gasteiger partial charge in [-0.25, -0.2) is 0 Å². The van der Waals surface area contributed by atoms with E-state index in [4.69, 9.17) is 4.42 Å². The van der Waals surface area contributed by atoms with Crippen LogP contribution in [-0.4, -0.2) is 73.5 Å². The van der Waals surface area contributed by atoms with Gasteiger partial charge in [0.15, 0.2) is 5.76 Å². The molecule has 1 aromatic rings. The van der Waals surface area contributed by atoms with Crippen molar-refractivity contribution in [1.29, 1.82) is 0 Å². The largest absolute Gasteiger partial charge is 0.456 e. The minimum Gasteiger partial charge on any atom is -0.456 e. The Labute approximate surface area is 132 Å². The number of likely N-dealkylation sites (N-methyl/N-ethyl adjacent to an activating group) is 1. The van der Waals surface area contributed by atoms with Crippen LogP contribution in [0.2, 0.25) is 0 Å². The second kappa shape index (κ2) is 6.84. The molecule has 122 valence electrons. The molecule has 0 bridgehead atoms. The first kappa shape index (κ1) is 15.6. The summed E-state index contributed by atoms with van der Waals surface area (Å²) in [7, 11) is 2.19. The summed E-state index contributed by atoms with van der Waals surface area (Å²) < 4.78 is 5.45. The summed E-state index contributed by atoms with van der Waals surface area (Å²) in [4.78, 5) is 19.3. The predicted octanol–water partition coefficient (Wildman–Crippen LogP) is 1.69. The average molecular weight is 305 g/mol. The highest BCUT2D eigenvalue weighted by molar-refractivity contribution is 5.91. The van der Waals surface area contributed by atoms with Crippen molar-refractivity contribution in [3.05, 3.63) is 23.7 Å². The molecule has 0 spiro atoms. The van der Waals surface area contributed by atoms with Crippen LogP contribution in [0.1, 0.15) is 29.2 Å². The van der Waals surface area contributed by atoms with E-state index in [9.17, 15) is 4.79 Å². The third kappa shape index (κ3) is 3.70. The number of piperazine rings is 1. The molecule has 2 fully saturated rings. The van der Waals surface area contributed by atoms with Gasteiger partial charge in [-0.15, -0.1) is 0 Å². The third-order valence-corrected chi connectivity index (χ3v) is 4.97. The van der Waals surface area contributed by atoms with Gasteiger partial charge in [-0.05, 0) is 44.9 Å². The molecule has 1 amide bonds. The summed E-state index contributed by atoms with van der Waals surface area (Å²) in [5.41, 5.74) is 0. The second-order valence-electron chi connectivity index (χ2n) is 6.75. The fourth-order valence-electron chi connectivity index (χ4n) is 3.42. The Morgan fingerprint density at radius 3 is 2.41 bits per heavy atom. The highest BCUT2D eigenvalue weighted by atomic mass is 16.3. The first-order valence-corrected chi connectivity index (χ1v) is 8.38. The number of carbonyl (C=O) groups is 1. The van der Waals surface area contributed by atoms with Crippen LogP contribution in [-0.2, 0) is 0 Å². The number of piperidine rings is 1. The molecule has 5 nitrogen and oxygen atoms in total. The molecule has 2 aliphatic heterocycles. The molecule has 1 aromatic heterocycles. The summed E-state index contributed by atoms with van der Waals surface area (Å²) in [5, 5.41) is 0. The highest BCUT2D eigenvalue weighted by Crippen LogP contribution is 2.21. The second-order valence-corrected chi connectivity index (χ2v) is 6.75. The third-order valence-electron chi connectivity index (χ3n) is 4.97. The lowest BCUT2D eigenvalue weighted by Gasteiger charge is -2.37. The molecule has 5 heteroatoms. The van der Waals surface area contributed by atoms with Crippen LogP contribution in [0.3, 0.4) is 0 Å². The molecular weight excluding hydrogens is 278 g/mol. The fraction of sp³-hybridized carbons (Fsp3) is 0.706. The Hall–Kier alpha value is -1.33. The zero-order chi connectivity index (χ0) is 15.5.